The Morgan fingerprint density at radius 3 is 2.61 bits per heavy atom. The lowest BCUT2D eigenvalue weighted by Gasteiger charge is -2.32. The molecule has 0 aliphatic carbocycles. The number of nitro groups is 1. The first-order valence-corrected chi connectivity index (χ1v) is 7.76. The maximum atomic E-state index is 12.3. The van der Waals surface area contributed by atoms with Gasteiger partial charge in [-0.05, 0) is 29.8 Å². The zero-order valence-corrected chi connectivity index (χ0v) is 13.3. The maximum absolute atomic E-state index is 12.3. The van der Waals surface area contributed by atoms with Gasteiger partial charge in [-0.1, -0.05) is 0 Å². The summed E-state index contributed by atoms with van der Waals surface area (Å²) in [7, 11) is 1.97. The van der Waals surface area contributed by atoms with Crippen molar-refractivity contribution in [2.45, 2.75) is 25.5 Å². The molecule has 2 N–H and O–H groups in total. The Bertz CT molecular complexity index is 505. The molecule has 2 rings (SSSR count). The highest BCUT2D eigenvalue weighted by Gasteiger charge is 2.25. The van der Waals surface area contributed by atoms with Gasteiger partial charge in [0.05, 0.1) is 12.7 Å². The third-order valence-corrected chi connectivity index (χ3v) is 3.94. The molecule has 128 valence electrons. The molecule has 1 unspecified atom stereocenters. The van der Waals surface area contributed by atoms with E-state index in [9.17, 15) is 14.9 Å². The van der Waals surface area contributed by atoms with Crippen LogP contribution in [0.4, 0.5) is 0 Å². The molecule has 1 atom stereocenters. The van der Waals surface area contributed by atoms with Crippen LogP contribution in [0.2, 0.25) is 0 Å². The number of hydrogen-bond acceptors (Lipinski definition) is 7. The van der Waals surface area contributed by atoms with Gasteiger partial charge in [-0.3, -0.25) is 4.79 Å². The van der Waals surface area contributed by atoms with Gasteiger partial charge in [-0.2, -0.15) is 0 Å². The van der Waals surface area contributed by atoms with Crippen molar-refractivity contribution in [3.05, 3.63) is 21.9 Å². The van der Waals surface area contributed by atoms with Crippen LogP contribution in [0, 0.1) is 10.1 Å². The zero-order valence-electron chi connectivity index (χ0n) is 13.3. The number of ether oxygens (including phenoxy) is 1. The lowest BCUT2D eigenvalue weighted by atomic mass is 10.2. The van der Waals surface area contributed by atoms with E-state index in [0.717, 1.165) is 32.0 Å². The molecule has 2 saturated heterocycles. The Kier molecular flexibility index (Phi) is 6.05. The number of carbonyl (C=O) groups excluding carboxylic acids is 1. The van der Waals surface area contributed by atoms with Gasteiger partial charge in [0.15, 0.2) is 0 Å². The molecule has 9 heteroatoms. The van der Waals surface area contributed by atoms with Gasteiger partial charge < -0.3 is 30.4 Å². The largest absolute Gasteiger partial charge is 0.394 e. The van der Waals surface area contributed by atoms with Crippen LogP contribution in [0.5, 0.6) is 0 Å². The first-order valence-electron chi connectivity index (χ1n) is 7.76. The quantitative estimate of drug-likeness (QED) is 0.253. The number of carbonyl (C=O) groups is 1. The predicted octanol–water partition coefficient (Wildman–Crippen LogP) is -0.195. The van der Waals surface area contributed by atoms with Crippen molar-refractivity contribution in [1.29, 1.82) is 0 Å². The third kappa shape index (κ3) is 5.00. The fourth-order valence-electron chi connectivity index (χ4n) is 2.50. The van der Waals surface area contributed by atoms with Gasteiger partial charge in [0.2, 0.25) is 6.23 Å². The third-order valence-electron chi connectivity index (χ3n) is 3.94. The SMILES string of the molecule is CN1CCN(C(=O)/C(N)=C/C(=N/C2CCCCO2)[N+](=O)[O-])CC1. The van der Waals surface area contributed by atoms with Crippen LogP contribution >= 0.6 is 0 Å². The standard InChI is InChI=1S/C14H23N5O4/c1-17-5-7-18(8-6-17)14(20)11(15)10-12(19(21)22)16-13-4-2-3-9-23-13/h10,13H,2-9,15H2,1H3/b11-10-,16-12-. The molecular weight excluding hydrogens is 302 g/mol. The molecule has 0 saturated carbocycles. The van der Waals surface area contributed by atoms with Crippen molar-refractivity contribution < 1.29 is 14.5 Å². The molecule has 2 heterocycles. The molecule has 1 amide bonds. The molecule has 0 spiro atoms. The van der Waals surface area contributed by atoms with E-state index in [-0.39, 0.29) is 5.70 Å². The van der Waals surface area contributed by atoms with Crippen LogP contribution in [-0.4, -0.2) is 72.5 Å². The summed E-state index contributed by atoms with van der Waals surface area (Å²) in [6.07, 6.45) is 2.99. The highest BCUT2D eigenvalue weighted by atomic mass is 16.6. The van der Waals surface area contributed by atoms with E-state index >= 15 is 0 Å². The normalized spacial score (nSPS) is 24.6. The van der Waals surface area contributed by atoms with E-state index in [1.54, 1.807) is 4.90 Å². The van der Waals surface area contributed by atoms with Gasteiger partial charge in [0.25, 0.3) is 5.91 Å². The second-order valence-electron chi connectivity index (χ2n) is 5.76. The molecule has 0 aromatic heterocycles. The highest BCUT2D eigenvalue weighted by Crippen LogP contribution is 2.14. The molecule has 0 aromatic carbocycles. The second-order valence-corrected chi connectivity index (χ2v) is 5.76. The highest BCUT2D eigenvalue weighted by molar-refractivity contribution is 5.99. The maximum Gasteiger partial charge on any atom is 0.363 e. The van der Waals surface area contributed by atoms with E-state index in [1.165, 1.54) is 0 Å². The monoisotopic (exact) mass is 325 g/mol. The smallest absolute Gasteiger partial charge is 0.363 e. The van der Waals surface area contributed by atoms with Gasteiger partial charge >= 0.3 is 5.84 Å². The van der Waals surface area contributed by atoms with Crippen molar-refractivity contribution in [1.82, 2.24) is 9.80 Å². The molecule has 23 heavy (non-hydrogen) atoms. The molecule has 2 fully saturated rings. The lowest BCUT2D eigenvalue weighted by Crippen LogP contribution is -2.48. The summed E-state index contributed by atoms with van der Waals surface area (Å²) in [6.45, 7) is 3.16. The van der Waals surface area contributed by atoms with Crippen LogP contribution in [0.25, 0.3) is 0 Å². The molecular formula is C14H23N5O4. The Balaban J connectivity index is 2.06. The van der Waals surface area contributed by atoms with Crippen molar-refractivity contribution in [2.24, 2.45) is 10.7 Å². The van der Waals surface area contributed by atoms with Crippen LogP contribution in [-0.2, 0) is 9.53 Å². The minimum Gasteiger partial charge on any atom is -0.394 e. The van der Waals surface area contributed by atoms with Gasteiger partial charge in [-0.15, -0.1) is 0 Å². The number of piperazine rings is 1. The molecule has 2 aliphatic rings. The number of nitrogens with zero attached hydrogens (tertiary/aromatic N) is 4. The van der Waals surface area contributed by atoms with Crippen LogP contribution < -0.4 is 5.73 Å². The summed E-state index contributed by atoms with van der Waals surface area (Å²) in [5, 5.41) is 11.1. The molecule has 0 aromatic rings. The molecule has 9 nitrogen and oxygen atoms in total. The van der Waals surface area contributed by atoms with Crippen molar-refractivity contribution in [3.8, 4) is 0 Å². The molecule has 2 aliphatic heterocycles. The first kappa shape index (κ1) is 17.4. The number of likely N-dealkylation sites (N-methyl/N-ethyl adjacent to an activating group) is 1. The predicted molar refractivity (Wildman–Crippen MR) is 84.4 cm³/mol. The van der Waals surface area contributed by atoms with E-state index < -0.39 is 22.9 Å². The fraction of sp³-hybridized carbons (Fsp3) is 0.714. The summed E-state index contributed by atoms with van der Waals surface area (Å²) in [6, 6.07) is 0. The average Bonchev–Trinajstić information content (AvgIpc) is 2.55. The number of aliphatic imine (C=N–C) groups is 1. The van der Waals surface area contributed by atoms with E-state index in [1.807, 2.05) is 7.05 Å². The second kappa shape index (κ2) is 8.02. The molecule has 0 radical (unpaired) electrons. The van der Waals surface area contributed by atoms with Crippen molar-refractivity contribution in [2.75, 3.05) is 39.8 Å². The number of rotatable bonds is 3. The minimum atomic E-state index is -0.637. The van der Waals surface area contributed by atoms with Gasteiger partial charge in [0.1, 0.15) is 5.70 Å². The zero-order chi connectivity index (χ0) is 16.8. The summed E-state index contributed by atoms with van der Waals surface area (Å²) in [5.74, 6) is -0.825. The number of hydrogen-bond donors (Lipinski definition) is 1. The summed E-state index contributed by atoms with van der Waals surface area (Å²) in [4.78, 5) is 30.4. The fourth-order valence-corrected chi connectivity index (χ4v) is 2.50. The van der Waals surface area contributed by atoms with Crippen LogP contribution in [0.3, 0.4) is 0 Å². The Morgan fingerprint density at radius 2 is 2.04 bits per heavy atom. The average molecular weight is 325 g/mol. The van der Waals surface area contributed by atoms with Crippen molar-refractivity contribution in [3.63, 3.8) is 0 Å². The Labute approximate surface area is 134 Å². The Hall–Kier alpha value is -2.00. The number of amides is 1. The number of amidine groups is 1. The van der Waals surface area contributed by atoms with E-state index in [0.29, 0.717) is 26.1 Å². The lowest BCUT2D eigenvalue weighted by molar-refractivity contribution is -0.349. The van der Waals surface area contributed by atoms with E-state index in [2.05, 4.69) is 9.89 Å². The minimum absolute atomic E-state index is 0.166. The topological polar surface area (TPSA) is 114 Å². The van der Waals surface area contributed by atoms with Gasteiger partial charge in [0, 0.05) is 32.6 Å². The van der Waals surface area contributed by atoms with Crippen LogP contribution in [0.15, 0.2) is 16.8 Å². The van der Waals surface area contributed by atoms with E-state index in [4.69, 9.17) is 10.5 Å². The van der Waals surface area contributed by atoms with Crippen LogP contribution in [0.1, 0.15) is 19.3 Å². The summed E-state index contributed by atoms with van der Waals surface area (Å²) >= 11 is 0. The molecule has 0 bridgehead atoms. The Morgan fingerprint density at radius 1 is 1.35 bits per heavy atom. The first-order chi connectivity index (χ1) is 11.0. The summed E-state index contributed by atoms with van der Waals surface area (Å²) in [5.41, 5.74) is 5.59. The van der Waals surface area contributed by atoms with Crippen molar-refractivity contribution >= 4 is 11.7 Å². The summed E-state index contributed by atoms with van der Waals surface area (Å²) < 4.78 is 5.37. The van der Waals surface area contributed by atoms with Gasteiger partial charge in [-0.25, -0.2) is 0 Å². The number of nitrogens with two attached hydrogens (primary N) is 1.